The predicted molar refractivity (Wildman–Crippen MR) is 136 cm³/mol. The Morgan fingerprint density at radius 3 is 2.39 bits per heavy atom. The van der Waals surface area contributed by atoms with E-state index >= 15 is 0 Å². The molecule has 1 aromatic carbocycles. The van der Waals surface area contributed by atoms with Crippen molar-refractivity contribution in [1.82, 2.24) is 9.62 Å². The molecule has 1 aliphatic rings. The molecule has 1 fully saturated rings. The molecule has 6 nitrogen and oxygen atoms in total. The Kier molecular flexibility index (Phi) is 9.83. The lowest BCUT2D eigenvalue weighted by atomic mass is 9.85. The van der Waals surface area contributed by atoms with Crippen LogP contribution in [0.3, 0.4) is 0 Å². The van der Waals surface area contributed by atoms with Gasteiger partial charge in [0, 0.05) is 30.0 Å². The molecule has 0 aliphatic carbocycles. The number of piperidine rings is 1. The van der Waals surface area contributed by atoms with Crippen LogP contribution in [-0.2, 0) is 16.1 Å². The van der Waals surface area contributed by atoms with E-state index in [-0.39, 0.29) is 18.1 Å². The standard InChI is InChI=1S/C24H36Cl2N2O4S/c1-8-15-31-18-10-9-17(25)20(26)19(18)21(27-33(30)24(5,6)7)16-11-13-28(14-12-16)22(29)32-23(2,3)4/h8-10,16,21,27H,1,11-15H2,2-7H3/t21-,33?/m1/s1. The number of hydrogen-bond acceptors (Lipinski definition) is 5. The van der Waals surface area contributed by atoms with Gasteiger partial charge in [0.15, 0.2) is 0 Å². The number of halogens is 2. The number of ether oxygens (including phenoxy) is 2. The normalized spacial score (nSPS) is 17.4. The Labute approximate surface area is 211 Å². The van der Waals surface area contributed by atoms with Gasteiger partial charge in [-0.25, -0.2) is 4.79 Å². The molecule has 186 valence electrons. The van der Waals surface area contributed by atoms with E-state index in [1.165, 1.54) is 0 Å². The van der Waals surface area contributed by atoms with E-state index in [2.05, 4.69) is 11.3 Å². The average Bonchev–Trinajstić information content (AvgIpc) is 2.71. The number of carbonyl (C=O) groups excluding carboxylic acids is 1. The number of carbonyl (C=O) groups is 1. The van der Waals surface area contributed by atoms with E-state index < -0.39 is 21.7 Å². The van der Waals surface area contributed by atoms with Crippen molar-refractivity contribution in [2.45, 2.75) is 70.8 Å². The first-order chi connectivity index (χ1) is 15.2. The molecule has 2 rings (SSSR count). The molecule has 0 aromatic heterocycles. The Bertz CT molecular complexity index is 831. The van der Waals surface area contributed by atoms with Crippen molar-refractivity contribution in [1.29, 1.82) is 0 Å². The summed E-state index contributed by atoms with van der Waals surface area (Å²) in [5, 5.41) is 0.772. The van der Waals surface area contributed by atoms with Crippen LogP contribution in [-0.4, -0.2) is 45.6 Å². The Balaban J connectivity index is 2.35. The third-order valence-corrected chi connectivity index (χ3v) is 7.61. The molecular weight excluding hydrogens is 483 g/mol. The minimum atomic E-state index is -1.36. The SMILES string of the molecule is C=CCOc1ccc(Cl)c(Cl)c1[C@H](N[S+]([O-])C(C)(C)C)C1CCN(C(=O)OC(C)(C)C)CC1. The zero-order valence-electron chi connectivity index (χ0n) is 20.4. The Morgan fingerprint density at radius 2 is 1.88 bits per heavy atom. The van der Waals surface area contributed by atoms with Gasteiger partial charge >= 0.3 is 6.09 Å². The first-order valence-electron chi connectivity index (χ1n) is 11.1. The summed E-state index contributed by atoms with van der Waals surface area (Å²) in [6, 6.07) is 3.09. The minimum absolute atomic E-state index is 0.0528. The minimum Gasteiger partial charge on any atom is -0.598 e. The summed E-state index contributed by atoms with van der Waals surface area (Å²) in [5.74, 6) is 0.624. The summed E-state index contributed by atoms with van der Waals surface area (Å²) >= 11 is 11.7. The van der Waals surface area contributed by atoms with Crippen molar-refractivity contribution in [3.63, 3.8) is 0 Å². The van der Waals surface area contributed by atoms with Crippen LogP contribution in [0.5, 0.6) is 5.75 Å². The van der Waals surface area contributed by atoms with Crippen LogP contribution < -0.4 is 9.46 Å². The number of likely N-dealkylation sites (tertiary alicyclic amines) is 1. The third-order valence-electron chi connectivity index (χ3n) is 5.21. The molecule has 1 saturated heterocycles. The molecule has 0 radical (unpaired) electrons. The molecule has 0 saturated carbocycles. The smallest absolute Gasteiger partial charge is 0.410 e. The Morgan fingerprint density at radius 1 is 1.27 bits per heavy atom. The van der Waals surface area contributed by atoms with E-state index in [9.17, 15) is 9.35 Å². The van der Waals surface area contributed by atoms with Gasteiger partial charge in [-0.15, -0.1) is 4.72 Å². The second kappa shape index (κ2) is 11.5. The molecule has 2 atom stereocenters. The van der Waals surface area contributed by atoms with Gasteiger partial charge in [-0.1, -0.05) is 35.9 Å². The van der Waals surface area contributed by atoms with Gasteiger partial charge in [-0.05, 0) is 72.4 Å². The molecule has 1 unspecified atom stereocenters. The van der Waals surface area contributed by atoms with Crippen LogP contribution in [0, 0.1) is 5.92 Å². The Hall–Kier alpha value is -1.12. The maximum atomic E-state index is 13.1. The van der Waals surface area contributed by atoms with Crippen molar-refractivity contribution >= 4 is 40.7 Å². The van der Waals surface area contributed by atoms with Crippen LogP contribution >= 0.6 is 23.2 Å². The number of nitrogens with one attached hydrogen (secondary N) is 1. The van der Waals surface area contributed by atoms with Gasteiger partial charge in [0.2, 0.25) is 0 Å². The molecule has 33 heavy (non-hydrogen) atoms. The van der Waals surface area contributed by atoms with Crippen molar-refractivity contribution in [2.75, 3.05) is 19.7 Å². The summed E-state index contributed by atoms with van der Waals surface area (Å²) in [6.07, 6.45) is 2.70. The first kappa shape index (κ1) is 28.1. The monoisotopic (exact) mass is 518 g/mol. The highest BCUT2D eigenvalue weighted by atomic mass is 35.5. The average molecular weight is 520 g/mol. The van der Waals surface area contributed by atoms with Crippen molar-refractivity contribution in [3.05, 3.63) is 40.4 Å². The van der Waals surface area contributed by atoms with Crippen LogP contribution in [0.25, 0.3) is 0 Å². The highest BCUT2D eigenvalue weighted by Crippen LogP contribution is 2.43. The van der Waals surface area contributed by atoms with Gasteiger partial charge in [-0.3, -0.25) is 0 Å². The number of benzene rings is 1. The maximum Gasteiger partial charge on any atom is 0.410 e. The zero-order chi connectivity index (χ0) is 25.0. The first-order valence-corrected chi connectivity index (χ1v) is 13.0. The third kappa shape index (κ3) is 7.96. The van der Waals surface area contributed by atoms with Crippen LogP contribution in [0.15, 0.2) is 24.8 Å². The zero-order valence-corrected chi connectivity index (χ0v) is 22.7. The van der Waals surface area contributed by atoms with Gasteiger partial charge < -0.3 is 18.9 Å². The topological polar surface area (TPSA) is 73.9 Å². The molecule has 1 amide bonds. The van der Waals surface area contributed by atoms with Gasteiger partial charge in [-0.2, -0.15) is 0 Å². The number of amides is 1. The molecule has 1 aromatic rings. The van der Waals surface area contributed by atoms with Crippen molar-refractivity contribution in [3.8, 4) is 5.75 Å². The van der Waals surface area contributed by atoms with Gasteiger partial charge in [0.05, 0.1) is 16.1 Å². The molecule has 0 bridgehead atoms. The number of hydrogen-bond donors (Lipinski definition) is 1. The molecule has 0 spiro atoms. The lowest BCUT2D eigenvalue weighted by Crippen LogP contribution is -2.47. The van der Waals surface area contributed by atoms with E-state index in [1.54, 1.807) is 23.1 Å². The molecule has 1 N–H and O–H groups in total. The summed E-state index contributed by atoms with van der Waals surface area (Å²) in [4.78, 5) is 14.2. The van der Waals surface area contributed by atoms with E-state index in [4.69, 9.17) is 32.7 Å². The summed E-state index contributed by atoms with van der Waals surface area (Å²) in [5.41, 5.74) is 0.132. The summed E-state index contributed by atoms with van der Waals surface area (Å²) < 4.78 is 27.3. The second-order valence-corrected chi connectivity index (χ2v) is 12.9. The van der Waals surface area contributed by atoms with Crippen LogP contribution in [0.1, 0.15) is 66.0 Å². The maximum absolute atomic E-state index is 13.1. The highest BCUT2D eigenvalue weighted by molar-refractivity contribution is 7.90. The largest absolute Gasteiger partial charge is 0.598 e. The van der Waals surface area contributed by atoms with Crippen LogP contribution in [0.4, 0.5) is 4.79 Å². The number of nitrogens with zero attached hydrogens (tertiary/aromatic N) is 1. The van der Waals surface area contributed by atoms with Gasteiger partial charge in [0.25, 0.3) is 0 Å². The van der Waals surface area contributed by atoms with Gasteiger partial charge in [0.1, 0.15) is 22.7 Å². The highest BCUT2D eigenvalue weighted by Gasteiger charge is 2.39. The van der Waals surface area contributed by atoms with E-state index in [1.807, 2.05) is 41.5 Å². The van der Waals surface area contributed by atoms with Crippen LogP contribution in [0.2, 0.25) is 10.0 Å². The molecule has 1 aliphatic heterocycles. The fourth-order valence-electron chi connectivity index (χ4n) is 3.54. The lowest BCUT2D eigenvalue weighted by Gasteiger charge is -2.38. The fraction of sp³-hybridized carbons (Fsp3) is 0.625. The molecule has 9 heteroatoms. The van der Waals surface area contributed by atoms with Crippen molar-refractivity contribution < 1.29 is 18.8 Å². The summed E-state index contributed by atoms with van der Waals surface area (Å²) in [7, 11) is 0. The van der Waals surface area contributed by atoms with Crippen molar-refractivity contribution in [2.24, 2.45) is 5.92 Å². The quantitative estimate of drug-likeness (QED) is 0.338. The fourth-order valence-corrected chi connectivity index (χ4v) is 4.87. The molecular formula is C24H36Cl2N2O4S. The molecule has 1 heterocycles. The summed E-state index contributed by atoms with van der Waals surface area (Å²) in [6.45, 7) is 16.4. The number of rotatable bonds is 7. The lowest BCUT2D eigenvalue weighted by molar-refractivity contribution is 0.0171. The van der Waals surface area contributed by atoms with E-state index in [0.717, 1.165) is 0 Å². The second-order valence-electron chi connectivity index (χ2n) is 10.2. The predicted octanol–water partition coefficient (Wildman–Crippen LogP) is 6.30. The van der Waals surface area contributed by atoms with E-state index in [0.29, 0.717) is 53.9 Å².